The van der Waals surface area contributed by atoms with Gasteiger partial charge in [-0.05, 0) is 6.54 Å². The van der Waals surface area contributed by atoms with Crippen molar-refractivity contribution in [3.05, 3.63) is 13.3 Å². The van der Waals surface area contributed by atoms with E-state index in [1.807, 2.05) is 0 Å². The van der Waals surface area contributed by atoms with E-state index in [1.54, 1.807) is 0 Å². The Morgan fingerprint density at radius 3 is 2.89 bits per heavy atom. The van der Waals surface area contributed by atoms with Gasteiger partial charge in [-0.2, -0.15) is 12.3 Å². The first-order chi connectivity index (χ1) is 3.93. The maximum Gasteiger partial charge on any atom is 0 e. The van der Waals surface area contributed by atoms with Crippen molar-refractivity contribution in [2.45, 2.75) is 12.8 Å². The van der Waals surface area contributed by atoms with E-state index in [0.29, 0.717) is 0 Å². The minimum Gasteiger partial charge on any atom is -0.348 e. The molecule has 1 N–H and O–H groups in total. The van der Waals surface area contributed by atoms with E-state index in [-0.39, 0.29) is 32.7 Å². The molecule has 0 amide bonds. The standard InChI is InChI=1S/C7H13N.Y/c1-2-3-7-4-5-8-6-7;/h4,7-8H,1-3,5-6H2;/q-2;. The number of hydrogen-bond acceptors (Lipinski definition) is 1. The summed E-state index contributed by atoms with van der Waals surface area (Å²) in [6, 6.07) is 0. The Balaban J connectivity index is 0.000000640. The molecule has 1 nitrogen and oxygen atoms in total. The second kappa shape index (κ2) is 5.82. The first kappa shape index (κ1) is 10.1. The average molecular weight is 200 g/mol. The van der Waals surface area contributed by atoms with E-state index in [9.17, 15) is 0 Å². The van der Waals surface area contributed by atoms with Crippen molar-refractivity contribution in [1.29, 1.82) is 0 Å². The Hall–Kier alpha value is 1.06. The molecule has 0 saturated carbocycles. The minimum absolute atomic E-state index is 0. The van der Waals surface area contributed by atoms with Crippen LogP contribution in [0.5, 0.6) is 0 Å². The van der Waals surface area contributed by atoms with Crippen LogP contribution in [0.25, 0.3) is 0 Å². The summed E-state index contributed by atoms with van der Waals surface area (Å²) in [7, 11) is 0. The molecular formula is C7H13NY-2. The first-order valence-corrected chi connectivity index (χ1v) is 3.27. The van der Waals surface area contributed by atoms with Crippen molar-refractivity contribution >= 4 is 0 Å². The zero-order valence-electron chi connectivity index (χ0n) is 5.77. The van der Waals surface area contributed by atoms with Crippen LogP contribution in [0, 0.1) is 19.3 Å². The van der Waals surface area contributed by atoms with Gasteiger partial charge in [0.25, 0.3) is 0 Å². The third-order valence-electron chi connectivity index (χ3n) is 1.58. The summed E-state index contributed by atoms with van der Waals surface area (Å²) in [5.41, 5.74) is 0. The van der Waals surface area contributed by atoms with Gasteiger partial charge in [0.15, 0.2) is 0 Å². The summed E-state index contributed by atoms with van der Waals surface area (Å²) in [6.07, 6.45) is 4.67. The molecule has 0 aliphatic carbocycles. The normalized spacial score (nSPS) is 25.7. The van der Waals surface area contributed by atoms with E-state index in [0.717, 1.165) is 18.9 Å². The van der Waals surface area contributed by atoms with E-state index >= 15 is 0 Å². The van der Waals surface area contributed by atoms with Gasteiger partial charge in [-0.25, -0.2) is 0 Å². The molecule has 1 fully saturated rings. The molecule has 2 heteroatoms. The predicted molar refractivity (Wildman–Crippen MR) is 35.3 cm³/mol. The SMILES string of the molecule is [CH2-]CCC1[CH-]CNC1.[Y]. The molecule has 0 bridgehead atoms. The van der Waals surface area contributed by atoms with Crippen LogP contribution >= 0.6 is 0 Å². The molecule has 1 saturated heterocycles. The third-order valence-corrected chi connectivity index (χ3v) is 1.58. The van der Waals surface area contributed by atoms with Crippen molar-refractivity contribution in [3.63, 3.8) is 0 Å². The van der Waals surface area contributed by atoms with Crippen LogP contribution in [0.1, 0.15) is 12.8 Å². The molecular weight excluding hydrogens is 187 g/mol. The molecule has 51 valence electrons. The van der Waals surface area contributed by atoms with Crippen molar-refractivity contribution in [1.82, 2.24) is 5.32 Å². The largest absolute Gasteiger partial charge is 0.348 e. The molecule has 0 aromatic rings. The van der Waals surface area contributed by atoms with Gasteiger partial charge in [-0.3, -0.25) is 0 Å². The molecule has 1 heterocycles. The predicted octanol–water partition coefficient (Wildman–Crippen LogP) is 1.02. The van der Waals surface area contributed by atoms with Gasteiger partial charge >= 0.3 is 0 Å². The smallest absolute Gasteiger partial charge is 0 e. The van der Waals surface area contributed by atoms with E-state index in [1.165, 1.54) is 13.0 Å². The molecule has 1 aliphatic heterocycles. The van der Waals surface area contributed by atoms with Gasteiger partial charge in [-0.15, -0.1) is 13.0 Å². The molecule has 1 radical (unpaired) electrons. The Labute approximate surface area is 82.9 Å². The average Bonchev–Trinajstić information content (AvgIpc) is 2.19. The molecule has 1 aliphatic rings. The Bertz CT molecular complexity index is 59.9. The van der Waals surface area contributed by atoms with E-state index < -0.39 is 0 Å². The quantitative estimate of drug-likeness (QED) is 0.656. The topological polar surface area (TPSA) is 12.0 Å². The molecule has 9 heavy (non-hydrogen) atoms. The summed E-state index contributed by atoms with van der Waals surface area (Å²) in [5.74, 6) is 0.812. The first-order valence-electron chi connectivity index (χ1n) is 3.27. The van der Waals surface area contributed by atoms with Crippen LogP contribution in [-0.2, 0) is 32.7 Å². The van der Waals surface area contributed by atoms with Gasteiger partial charge in [-0.1, -0.05) is 0 Å². The van der Waals surface area contributed by atoms with Crippen molar-refractivity contribution < 1.29 is 32.7 Å². The number of rotatable bonds is 2. The number of nitrogens with one attached hydrogen (secondary N) is 1. The summed E-state index contributed by atoms with van der Waals surface area (Å²) < 4.78 is 0. The van der Waals surface area contributed by atoms with Crippen LogP contribution in [0.15, 0.2) is 0 Å². The van der Waals surface area contributed by atoms with Gasteiger partial charge in [0.2, 0.25) is 0 Å². The van der Waals surface area contributed by atoms with Gasteiger partial charge in [0.1, 0.15) is 0 Å². The Morgan fingerprint density at radius 1 is 1.67 bits per heavy atom. The van der Waals surface area contributed by atoms with Gasteiger partial charge in [0.05, 0.1) is 0 Å². The summed E-state index contributed by atoms with van der Waals surface area (Å²) >= 11 is 0. The maximum atomic E-state index is 3.80. The van der Waals surface area contributed by atoms with Crippen LogP contribution < -0.4 is 5.32 Å². The maximum absolute atomic E-state index is 3.80. The molecule has 1 unspecified atom stereocenters. The fourth-order valence-electron chi connectivity index (χ4n) is 1.08. The van der Waals surface area contributed by atoms with E-state index in [4.69, 9.17) is 0 Å². The third kappa shape index (κ3) is 3.69. The zero-order chi connectivity index (χ0) is 5.82. The van der Waals surface area contributed by atoms with Crippen molar-refractivity contribution in [2.75, 3.05) is 13.1 Å². The monoisotopic (exact) mass is 200 g/mol. The molecule has 1 atom stereocenters. The minimum atomic E-state index is 0. The molecule has 0 aromatic heterocycles. The van der Waals surface area contributed by atoms with Gasteiger partial charge in [0, 0.05) is 32.7 Å². The Kier molecular flexibility index (Phi) is 6.51. The summed E-state index contributed by atoms with van der Waals surface area (Å²) in [5, 5.41) is 3.27. The molecule has 0 spiro atoms. The zero-order valence-corrected chi connectivity index (χ0v) is 8.61. The van der Waals surface area contributed by atoms with Crippen LogP contribution in [0.4, 0.5) is 0 Å². The second-order valence-electron chi connectivity index (χ2n) is 2.30. The molecule has 0 aromatic carbocycles. The van der Waals surface area contributed by atoms with Crippen LogP contribution in [0.2, 0.25) is 0 Å². The second-order valence-corrected chi connectivity index (χ2v) is 2.30. The van der Waals surface area contributed by atoms with Crippen LogP contribution in [-0.4, -0.2) is 13.1 Å². The van der Waals surface area contributed by atoms with E-state index in [2.05, 4.69) is 18.7 Å². The fraction of sp³-hybridized carbons (Fsp3) is 0.714. The van der Waals surface area contributed by atoms with Gasteiger partial charge < -0.3 is 18.7 Å². The molecule has 1 rings (SSSR count). The van der Waals surface area contributed by atoms with Crippen molar-refractivity contribution in [2.24, 2.45) is 5.92 Å². The summed E-state index contributed by atoms with van der Waals surface area (Å²) in [4.78, 5) is 0. The fourth-order valence-corrected chi connectivity index (χ4v) is 1.08. The summed E-state index contributed by atoms with van der Waals surface area (Å²) in [6.45, 7) is 6.08. The number of hydrogen-bond donors (Lipinski definition) is 1. The van der Waals surface area contributed by atoms with Crippen LogP contribution in [0.3, 0.4) is 0 Å². The Morgan fingerprint density at radius 2 is 2.44 bits per heavy atom. The van der Waals surface area contributed by atoms with Crippen molar-refractivity contribution in [3.8, 4) is 0 Å².